The summed E-state index contributed by atoms with van der Waals surface area (Å²) in [5, 5.41) is 5.68. The van der Waals surface area contributed by atoms with Crippen molar-refractivity contribution in [1.29, 1.82) is 0 Å². The van der Waals surface area contributed by atoms with Gasteiger partial charge in [-0.15, -0.1) is 0 Å². The van der Waals surface area contributed by atoms with Gasteiger partial charge in [0.1, 0.15) is 18.1 Å². The molecule has 0 aliphatic carbocycles. The van der Waals surface area contributed by atoms with E-state index in [1.165, 1.54) is 0 Å². The molecule has 8 heteroatoms. The Balaban J connectivity index is 1.57. The molecule has 1 atom stereocenters. The molecule has 7 nitrogen and oxygen atoms in total. The molecule has 1 aromatic carbocycles. The first-order valence-corrected chi connectivity index (χ1v) is 9.28. The summed E-state index contributed by atoms with van der Waals surface area (Å²) in [5.74, 6) is 1.59. The van der Waals surface area contributed by atoms with Gasteiger partial charge >= 0.3 is 0 Å². The largest absolute Gasteiger partial charge is 0.497 e. The van der Waals surface area contributed by atoms with Gasteiger partial charge in [-0.05, 0) is 30.7 Å². The highest BCUT2D eigenvalue weighted by Crippen LogP contribution is 2.16. The van der Waals surface area contributed by atoms with Crippen LogP contribution in [-0.4, -0.2) is 58.7 Å². The second-order valence-electron chi connectivity index (χ2n) is 5.35. The van der Waals surface area contributed by atoms with E-state index in [1.54, 1.807) is 31.4 Å². The van der Waals surface area contributed by atoms with E-state index >= 15 is 0 Å². The van der Waals surface area contributed by atoms with Crippen LogP contribution in [-0.2, 0) is 14.6 Å². The van der Waals surface area contributed by atoms with Gasteiger partial charge < -0.3 is 20.1 Å². The van der Waals surface area contributed by atoms with Crippen LogP contribution in [0.5, 0.6) is 11.5 Å². The van der Waals surface area contributed by atoms with Gasteiger partial charge in [0, 0.05) is 6.04 Å². The molecule has 1 fully saturated rings. The molecule has 23 heavy (non-hydrogen) atoms. The van der Waals surface area contributed by atoms with E-state index in [-0.39, 0.29) is 30.0 Å². The van der Waals surface area contributed by atoms with Crippen molar-refractivity contribution in [2.45, 2.75) is 12.5 Å². The Kier molecular flexibility index (Phi) is 6.23. The summed E-state index contributed by atoms with van der Waals surface area (Å²) in [6.07, 6.45) is 0.566. The number of hydrogen-bond donors (Lipinski definition) is 2. The van der Waals surface area contributed by atoms with Crippen molar-refractivity contribution in [1.82, 2.24) is 10.6 Å². The Hall–Kier alpha value is -1.80. The summed E-state index contributed by atoms with van der Waals surface area (Å²) < 4.78 is 33.2. The van der Waals surface area contributed by atoms with E-state index in [2.05, 4.69) is 10.6 Å². The van der Waals surface area contributed by atoms with Crippen LogP contribution in [0.1, 0.15) is 6.42 Å². The van der Waals surface area contributed by atoms with Crippen LogP contribution in [0.15, 0.2) is 24.3 Å². The van der Waals surface area contributed by atoms with Crippen LogP contribution in [0.4, 0.5) is 0 Å². The lowest BCUT2D eigenvalue weighted by molar-refractivity contribution is -0.120. The molecule has 0 bridgehead atoms. The second kappa shape index (κ2) is 8.16. The van der Waals surface area contributed by atoms with Crippen LogP contribution in [0.3, 0.4) is 0 Å². The van der Waals surface area contributed by atoms with Crippen molar-refractivity contribution in [3.8, 4) is 11.5 Å². The molecule has 1 aliphatic rings. The minimum Gasteiger partial charge on any atom is -0.497 e. The Morgan fingerprint density at radius 1 is 1.26 bits per heavy atom. The van der Waals surface area contributed by atoms with Crippen LogP contribution in [0, 0.1) is 0 Å². The molecule has 1 heterocycles. The average Bonchev–Trinajstić information content (AvgIpc) is 2.89. The quantitative estimate of drug-likeness (QED) is 0.644. The molecule has 1 amide bonds. The highest BCUT2D eigenvalue weighted by Gasteiger charge is 2.27. The number of hydrogen-bond acceptors (Lipinski definition) is 6. The molecule has 1 aliphatic heterocycles. The lowest BCUT2D eigenvalue weighted by Crippen LogP contribution is -2.40. The van der Waals surface area contributed by atoms with Crippen molar-refractivity contribution < 1.29 is 22.7 Å². The van der Waals surface area contributed by atoms with E-state index in [4.69, 9.17) is 9.47 Å². The second-order valence-corrected chi connectivity index (χ2v) is 7.58. The van der Waals surface area contributed by atoms with Crippen LogP contribution >= 0.6 is 0 Å². The fourth-order valence-corrected chi connectivity index (χ4v) is 3.99. The summed E-state index contributed by atoms with van der Waals surface area (Å²) in [6, 6.07) is 7.06. The molecule has 0 aromatic heterocycles. The molecule has 0 radical (unpaired) electrons. The molecule has 2 rings (SSSR count). The monoisotopic (exact) mass is 342 g/mol. The third kappa shape index (κ3) is 6.07. The highest BCUT2D eigenvalue weighted by molar-refractivity contribution is 7.91. The van der Waals surface area contributed by atoms with Crippen molar-refractivity contribution in [2.75, 3.05) is 38.3 Å². The third-order valence-electron chi connectivity index (χ3n) is 3.54. The molecule has 1 saturated heterocycles. The molecule has 2 N–H and O–H groups in total. The number of ether oxygens (including phenoxy) is 2. The fraction of sp³-hybridized carbons (Fsp3) is 0.533. The van der Waals surface area contributed by atoms with Crippen molar-refractivity contribution >= 4 is 15.7 Å². The minimum atomic E-state index is -2.92. The van der Waals surface area contributed by atoms with Gasteiger partial charge in [-0.3, -0.25) is 4.79 Å². The third-order valence-corrected chi connectivity index (χ3v) is 5.30. The van der Waals surface area contributed by atoms with E-state index in [1.807, 2.05) is 0 Å². The maximum absolute atomic E-state index is 11.7. The van der Waals surface area contributed by atoms with Crippen LogP contribution in [0.25, 0.3) is 0 Å². The number of nitrogens with one attached hydrogen (secondary N) is 2. The number of benzene rings is 1. The smallest absolute Gasteiger partial charge is 0.234 e. The van der Waals surface area contributed by atoms with Gasteiger partial charge in [0.15, 0.2) is 9.84 Å². The van der Waals surface area contributed by atoms with Crippen molar-refractivity contribution in [2.24, 2.45) is 0 Å². The normalized spacial score (nSPS) is 19.3. The van der Waals surface area contributed by atoms with Crippen molar-refractivity contribution in [3.63, 3.8) is 0 Å². The van der Waals surface area contributed by atoms with Gasteiger partial charge in [0.05, 0.1) is 31.7 Å². The van der Waals surface area contributed by atoms with Gasteiger partial charge in [-0.2, -0.15) is 0 Å². The zero-order chi connectivity index (χ0) is 16.7. The SMILES string of the molecule is COc1ccc(OCCNC(=O)CNC2CCS(=O)(=O)C2)cc1. The number of methoxy groups -OCH3 is 1. The van der Waals surface area contributed by atoms with E-state index in [0.717, 1.165) is 5.75 Å². The number of sulfone groups is 1. The Morgan fingerprint density at radius 3 is 2.57 bits per heavy atom. The zero-order valence-electron chi connectivity index (χ0n) is 13.1. The predicted molar refractivity (Wildman–Crippen MR) is 86.6 cm³/mol. The molecular formula is C15H22N2O5S. The standard InChI is InChI=1S/C15H22N2O5S/c1-21-13-2-4-14(5-3-13)22-8-7-16-15(18)10-17-12-6-9-23(19,20)11-12/h2-5,12,17H,6-11H2,1H3,(H,16,18). The summed E-state index contributed by atoms with van der Waals surface area (Å²) in [5.41, 5.74) is 0. The zero-order valence-corrected chi connectivity index (χ0v) is 13.9. The molecule has 1 unspecified atom stereocenters. The highest BCUT2D eigenvalue weighted by atomic mass is 32.2. The number of rotatable bonds is 8. The van der Waals surface area contributed by atoms with Gasteiger partial charge in [0.2, 0.25) is 5.91 Å². The molecule has 0 spiro atoms. The summed E-state index contributed by atoms with van der Waals surface area (Å²) in [6.45, 7) is 0.855. The molecule has 128 valence electrons. The number of carbonyl (C=O) groups excluding carboxylic acids is 1. The van der Waals surface area contributed by atoms with Crippen LogP contribution in [0.2, 0.25) is 0 Å². The summed E-state index contributed by atoms with van der Waals surface area (Å²) >= 11 is 0. The fourth-order valence-electron chi connectivity index (χ4n) is 2.29. The summed E-state index contributed by atoms with van der Waals surface area (Å²) in [4.78, 5) is 11.7. The first-order chi connectivity index (χ1) is 11.0. The average molecular weight is 342 g/mol. The lowest BCUT2D eigenvalue weighted by atomic mass is 10.2. The van der Waals surface area contributed by atoms with Crippen LogP contribution < -0.4 is 20.1 Å². The lowest BCUT2D eigenvalue weighted by Gasteiger charge is -2.11. The maximum atomic E-state index is 11.7. The Morgan fingerprint density at radius 2 is 1.96 bits per heavy atom. The van der Waals surface area contributed by atoms with Gasteiger partial charge in [0.25, 0.3) is 0 Å². The molecule has 0 saturated carbocycles. The topological polar surface area (TPSA) is 93.7 Å². The Bertz CT molecular complexity index is 615. The van der Waals surface area contributed by atoms with E-state index < -0.39 is 9.84 Å². The first kappa shape index (κ1) is 17.6. The van der Waals surface area contributed by atoms with E-state index in [0.29, 0.717) is 25.3 Å². The van der Waals surface area contributed by atoms with Gasteiger partial charge in [-0.1, -0.05) is 0 Å². The van der Waals surface area contributed by atoms with Gasteiger partial charge in [-0.25, -0.2) is 8.42 Å². The number of amides is 1. The first-order valence-electron chi connectivity index (χ1n) is 7.46. The Labute approximate surface area is 136 Å². The maximum Gasteiger partial charge on any atom is 0.234 e. The number of carbonyl (C=O) groups is 1. The van der Waals surface area contributed by atoms with Crippen molar-refractivity contribution in [3.05, 3.63) is 24.3 Å². The molecule has 1 aromatic rings. The van der Waals surface area contributed by atoms with E-state index in [9.17, 15) is 13.2 Å². The predicted octanol–water partition coefficient (Wildman–Crippen LogP) is -0.0331. The summed E-state index contributed by atoms with van der Waals surface area (Å²) in [7, 11) is -1.33. The minimum absolute atomic E-state index is 0.112. The molecular weight excluding hydrogens is 320 g/mol.